The van der Waals surface area contributed by atoms with Gasteiger partial charge >= 0.3 is 0 Å². The number of benzene rings is 18. The van der Waals surface area contributed by atoms with Gasteiger partial charge in [0.05, 0.1) is 22.1 Å². The molecule has 0 bridgehead atoms. The molecule has 5 nitrogen and oxygen atoms in total. The van der Waals surface area contributed by atoms with Gasteiger partial charge in [0.15, 0.2) is 14.7 Å². The molecule has 0 N–H and O–H groups in total. The monoisotopic (exact) mass is 1700 g/mol. The zero-order valence-corrected chi connectivity index (χ0v) is 71.4. The Morgan fingerprint density at radius 1 is 0.176 bits per heavy atom. The molecule has 0 fully saturated rings. The number of rotatable bonds is 7. The number of para-hydroxylation sites is 5. The van der Waals surface area contributed by atoms with Gasteiger partial charge in [0.1, 0.15) is 16.7 Å². The first-order valence-corrected chi connectivity index (χ1v) is 46.9. The number of hydrogen-bond donors (Lipinski definition) is 0. The van der Waals surface area contributed by atoms with Crippen molar-refractivity contribution in [2.45, 2.75) is 0 Å². The molecule has 0 saturated heterocycles. The van der Waals surface area contributed by atoms with Gasteiger partial charge in [-0.25, -0.2) is 0 Å². The van der Waals surface area contributed by atoms with Gasteiger partial charge in [-0.1, -0.05) is 301 Å². The first kappa shape index (κ1) is 71.1. The number of fused-ring (bicyclic) bond motifs is 30. The van der Waals surface area contributed by atoms with Gasteiger partial charge in [-0.3, -0.25) is 0 Å². The molecule has 0 aliphatic rings. The van der Waals surface area contributed by atoms with E-state index >= 15 is 0 Å². The molecule has 0 spiro atoms. The number of aromatic nitrogens is 2. The van der Waals surface area contributed by atoms with Crippen LogP contribution in [0.25, 0.3) is 265 Å². The molecule has 29 aromatic rings. The Labute approximate surface area is 737 Å². The van der Waals surface area contributed by atoms with Crippen LogP contribution in [0.2, 0.25) is 0 Å². The Balaban J connectivity index is 0.0000000977. The quantitative estimate of drug-likeness (QED) is 0.160. The van der Waals surface area contributed by atoms with Crippen LogP contribution in [0.5, 0.6) is 0 Å². The molecule has 0 aliphatic heterocycles. The van der Waals surface area contributed by atoms with Crippen LogP contribution in [0.15, 0.2) is 401 Å². The van der Waals surface area contributed by atoms with E-state index in [2.05, 4.69) is 391 Å². The van der Waals surface area contributed by atoms with E-state index in [0.717, 1.165) is 53.9 Å². The highest BCUT2D eigenvalue weighted by atomic mass is 32.1. The fourth-order valence-electron chi connectivity index (χ4n) is 19.8. The minimum Gasteiger partial charge on any atom is -0.445 e. The molecular weight excluding hydrogens is 1640 g/mol. The van der Waals surface area contributed by atoms with Crippen LogP contribution in [-0.2, 0) is 0 Å². The Bertz CT molecular complexity index is 9330. The second kappa shape index (κ2) is 28.0. The van der Waals surface area contributed by atoms with Gasteiger partial charge in [-0.15, -0.1) is 34.0 Å². The normalized spacial score (nSPS) is 12.2. The lowest BCUT2D eigenvalue weighted by atomic mass is 9.97. The largest absolute Gasteiger partial charge is 0.445 e. The Hall–Kier alpha value is -14.5. The van der Waals surface area contributed by atoms with Crippen molar-refractivity contribution < 1.29 is 13.3 Å². The van der Waals surface area contributed by atoms with Crippen molar-refractivity contribution in [1.82, 2.24) is 9.13 Å². The number of thiophene rings is 6. The molecule has 0 radical (unpaired) electrons. The molecule has 0 atom stereocenters. The topological polar surface area (TPSA) is 49.3 Å². The van der Waals surface area contributed by atoms with Gasteiger partial charge in [0, 0.05) is 162 Å². The third-order valence-electron chi connectivity index (χ3n) is 25.4. The van der Waals surface area contributed by atoms with E-state index in [1.807, 2.05) is 40.1 Å². The van der Waals surface area contributed by atoms with Gasteiger partial charge in [0.25, 0.3) is 0 Å². The van der Waals surface area contributed by atoms with Gasteiger partial charge in [0.2, 0.25) is 0 Å². The minimum atomic E-state index is 0.947. The van der Waals surface area contributed by atoms with E-state index in [1.165, 1.54) is 211 Å². The average molecular weight is 1700 g/mol. The summed E-state index contributed by atoms with van der Waals surface area (Å²) in [5, 5.41) is 24.0. The first-order chi connectivity index (χ1) is 61.9. The van der Waals surface area contributed by atoms with E-state index in [9.17, 15) is 0 Å². The molecule has 125 heavy (non-hydrogen) atoms. The summed E-state index contributed by atoms with van der Waals surface area (Å²) < 4.78 is 35.8. The van der Waals surface area contributed by atoms with E-state index < -0.39 is 0 Å². The van der Waals surface area contributed by atoms with Gasteiger partial charge in [-0.05, 0) is 171 Å². The lowest BCUT2D eigenvalue weighted by Gasteiger charge is -2.11. The molecule has 0 unspecified atom stereocenters. The average Bonchev–Trinajstić information content (AvgIpc) is 1.58. The predicted molar refractivity (Wildman–Crippen MR) is 542 cm³/mol. The highest BCUT2D eigenvalue weighted by molar-refractivity contribution is 7.28. The highest BCUT2D eigenvalue weighted by Crippen LogP contribution is 2.51. The van der Waals surface area contributed by atoms with Crippen LogP contribution in [0.3, 0.4) is 0 Å². The maximum absolute atomic E-state index is 6.53. The highest BCUT2D eigenvalue weighted by Gasteiger charge is 2.24. The number of hydrogen-bond acceptors (Lipinski definition) is 9. The summed E-state index contributed by atoms with van der Waals surface area (Å²) in [4.78, 5) is 2.98. The molecule has 11 aromatic heterocycles. The summed E-state index contributed by atoms with van der Waals surface area (Å²) in [6.07, 6.45) is 0. The van der Waals surface area contributed by atoms with Crippen LogP contribution in [0.1, 0.15) is 0 Å². The molecule has 11 heterocycles. The maximum Gasteiger partial charge on any atom is 0.190 e. The second-order valence-electron chi connectivity index (χ2n) is 32.3. The van der Waals surface area contributed by atoms with Crippen molar-refractivity contribution in [2.75, 3.05) is 0 Å². The smallest absolute Gasteiger partial charge is 0.190 e. The lowest BCUT2D eigenvalue weighted by molar-refractivity contribution is 0.677. The van der Waals surface area contributed by atoms with Crippen molar-refractivity contribution in [3.63, 3.8) is 0 Å². The van der Waals surface area contributed by atoms with Gasteiger partial charge in [-0.2, -0.15) is 0 Å². The second-order valence-corrected chi connectivity index (χ2v) is 38.5. The molecule has 0 saturated carbocycles. The van der Waals surface area contributed by atoms with Crippen molar-refractivity contribution >= 4 is 266 Å². The number of furan rings is 3. The Kier molecular flexibility index (Phi) is 15.9. The summed E-state index contributed by atoms with van der Waals surface area (Å²) in [6.45, 7) is 0. The van der Waals surface area contributed by atoms with Crippen LogP contribution >= 0.6 is 68.0 Å². The SMILES string of the molecule is c1cc(-c2cccc(-n3c4ccccc4c4ccccc43)c2)cc(-c2cccc3c2oc2sc4ccccc4c23)c1.c1ccc2c(c1)oc1sc3ccc(-n4c5ccccc5c5cc(-c6cccc7c6sc6ccccc67)ccc54)cc3c12.c1ccc2c(c1)sc1c(-c3ccc4oc5sc6ccc(-c7cccc8c7sc7ccccc78)cc6c5c4c3)cccc12. The van der Waals surface area contributed by atoms with Crippen LogP contribution in [-0.4, -0.2) is 9.13 Å². The third kappa shape index (κ3) is 11.1. The molecule has 584 valence electrons. The van der Waals surface area contributed by atoms with Crippen molar-refractivity contribution in [3.05, 3.63) is 388 Å². The zero-order chi connectivity index (χ0) is 81.6. The van der Waals surface area contributed by atoms with Gasteiger partial charge < -0.3 is 22.4 Å². The lowest BCUT2D eigenvalue weighted by Crippen LogP contribution is -1.94. The summed E-state index contributed by atoms with van der Waals surface area (Å²) in [5.74, 6) is 0. The summed E-state index contributed by atoms with van der Waals surface area (Å²) in [7, 11) is 0. The summed E-state index contributed by atoms with van der Waals surface area (Å²) in [6, 6.07) is 141. The Morgan fingerprint density at radius 3 is 1.11 bits per heavy atom. The summed E-state index contributed by atoms with van der Waals surface area (Å²) >= 11 is 10.8. The van der Waals surface area contributed by atoms with E-state index in [1.54, 1.807) is 34.0 Å². The van der Waals surface area contributed by atoms with Crippen LogP contribution in [0.4, 0.5) is 0 Å². The van der Waals surface area contributed by atoms with Crippen molar-refractivity contribution in [3.8, 4) is 67.0 Å². The zero-order valence-electron chi connectivity index (χ0n) is 66.5. The van der Waals surface area contributed by atoms with E-state index in [-0.39, 0.29) is 0 Å². The van der Waals surface area contributed by atoms with E-state index in [4.69, 9.17) is 13.3 Å². The van der Waals surface area contributed by atoms with Crippen molar-refractivity contribution in [2.24, 2.45) is 0 Å². The number of nitrogens with zero attached hydrogens (tertiary/aromatic N) is 2. The maximum atomic E-state index is 6.53. The van der Waals surface area contributed by atoms with Crippen LogP contribution in [0, 0.1) is 0 Å². The molecule has 0 aliphatic carbocycles. The molecule has 0 amide bonds. The fourth-order valence-corrected chi connectivity index (χ4v) is 26.7. The predicted octanol–water partition coefficient (Wildman–Crippen LogP) is 36.0. The molecule has 29 rings (SSSR count). The summed E-state index contributed by atoms with van der Waals surface area (Å²) in [5.41, 5.74) is 22.3. The Morgan fingerprint density at radius 2 is 0.528 bits per heavy atom. The molecular formula is C114H64N2O3S6. The first-order valence-electron chi connectivity index (χ1n) is 42.0. The van der Waals surface area contributed by atoms with Crippen molar-refractivity contribution in [1.29, 1.82) is 0 Å². The fraction of sp³-hybridized carbons (Fsp3) is 0. The third-order valence-corrected chi connectivity index (χ3v) is 32.2. The standard InChI is InChI=1S/C38H21NOS2.C38H23NOS.C38H20OS3/c1-4-13-31-25(8-1)29-20-22(24-11-7-12-27-26-9-3-6-15-34(26)41-37(24)27)16-18-32(29)39(31)23-17-19-35-30(21-23)36-28-10-2-5-14-33(28)40-38(36)42-35;1-4-19-33-29(14-1)30-15-2-5-20-34(30)39(33)27-13-8-11-25(23-27)24-10-7-12-26(22-24)28-17-9-18-32-36-31-16-3-6-21-35(31)41-38(36)40-37(28)32;1-3-13-32-25(7-1)27-11-5-9-23(36(27)40-32)21-15-17-31-29(19-21)35-30-20-22(16-18-34(30)42-38(35)39-31)24-10-6-12-28-26-8-2-4-14-33(26)41-37(24)28/h1-21H;1-23H;1-20H. The minimum absolute atomic E-state index is 0.947. The molecule has 11 heteroatoms. The van der Waals surface area contributed by atoms with E-state index in [0.29, 0.717) is 0 Å². The van der Waals surface area contributed by atoms with Crippen LogP contribution < -0.4 is 0 Å². The molecule has 18 aromatic carbocycles.